The third kappa shape index (κ3) is 8.11. The topological polar surface area (TPSA) is 134 Å². The number of hydrogen-bond donors (Lipinski definition) is 5. The van der Waals surface area contributed by atoms with E-state index in [0.717, 1.165) is 6.42 Å². The first-order chi connectivity index (χ1) is 8.88. The van der Waals surface area contributed by atoms with Gasteiger partial charge in [-0.2, -0.15) is 0 Å². The van der Waals surface area contributed by atoms with Crippen molar-refractivity contribution in [3.8, 4) is 0 Å². The van der Waals surface area contributed by atoms with Gasteiger partial charge >= 0.3 is 0 Å². The number of rotatable bonds is 8. The summed E-state index contributed by atoms with van der Waals surface area (Å²) in [6, 6.07) is -1.08. The summed E-state index contributed by atoms with van der Waals surface area (Å²) in [5, 5.41) is 16.3. The maximum absolute atomic E-state index is 11.3. The molecule has 0 saturated heterocycles. The molecule has 8 heteroatoms. The molecule has 0 saturated carbocycles. The molecule has 0 aliphatic heterocycles. The molecular formula is C11H22N4O4. The SMILES string of the molecule is CCCNC(=O)CNC(=O)CNC(=O)[C@@H](N)[C@@H](C)O. The highest BCUT2D eigenvalue weighted by molar-refractivity contribution is 5.89. The minimum Gasteiger partial charge on any atom is -0.391 e. The zero-order valence-electron chi connectivity index (χ0n) is 11.2. The van der Waals surface area contributed by atoms with Crippen molar-refractivity contribution in [3.05, 3.63) is 0 Å². The van der Waals surface area contributed by atoms with Crippen LogP contribution in [0.3, 0.4) is 0 Å². The van der Waals surface area contributed by atoms with Crippen molar-refractivity contribution in [3.63, 3.8) is 0 Å². The van der Waals surface area contributed by atoms with E-state index < -0.39 is 24.0 Å². The molecule has 0 aromatic carbocycles. The fourth-order valence-electron chi connectivity index (χ4n) is 1.07. The third-order valence-electron chi connectivity index (χ3n) is 2.26. The van der Waals surface area contributed by atoms with E-state index >= 15 is 0 Å². The number of carbonyl (C=O) groups excluding carboxylic acids is 3. The van der Waals surface area contributed by atoms with E-state index in [1.807, 2.05) is 6.92 Å². The molecule has 0 heterocycles. The molecule has 0 aliphatic rings. The third-order valence-corrected chi connectivity index (χ3v) is 2.26. The van der Waals surface area contributed by atoms with Crippen molar-refractivity contribution in [1.29, 1.82) is 0 Å². The molecule has 3 amide bonds. The summed E-state index contributed by atoms with van der Waals surface area (Å²) in [6.07, 6.45) is -0.185. The molecule has 0 unspecified atom stereocenters. The average Bonchev–Trinajstić information content (AvgIpc) is 2.38. The van der Waals surface area contributed by atoms with E-state index in [-0.39, 0.29) is 19.0 Å². The lowest BCUT2D eigenvalue weighted by atomic mass is 10.2. The number of carbonyl (C=O) groups is 3. The zero-order chi connectivity index (χ0) is 14.8. The molecule has 0 bridgehead atoms. The van der Waals surface area contributed by atoms with E-state index in [0.29, 0.717) is 6.54 Å². The molecule has 2 atom stereocenters. The van der Waals surface area contributed by atoms with Gasteiger partial charge in [0, 0.05) is 6.54 Å². The first-order valence-electron chi connectivity index (χ1n) is 6.13. The predicted molar refractivity (Wildman–Crippen MR) is 69.0 cm³/mol. The Kier molecular flexibility index (Phi) is 8.47. The monoisotopic (exact) mass is 274 g/mol. The lowest BCUT2D eigenvalue weighted by molar-refractivity contribution is -0.129. The van der Waals surface area contributed by atoms with Crippen LogP contribution >= 0.6 is 0 Å². The molecule has 19 heavy (non-hydrogen) atoms. The largest absolute Gasteiger partial charge is 0.391 e. The maximum Gasteiger partial charge on any atom is 0.240 e. The van der Waals surface area contributed by atoms with Gasteiger partial charge in [-0.15, -0.1) is 0 Å². The number of nitrogens with one attached hydrogen (secondary N) is 3. The number of aliphatic hydroxyl groups excluding tert-OH is 1. The van der Waals surface area contributed by atoms with Gasteiger partial charge in [0.15, 0.2) is 0 Å². The summed E-state index contributed by atoms with van der Waals surface area (Å²) in [4.78, 5) is 33.8. The lowest BCUT2D eigenvalue weighted by Crippen LogP contribution is -2.50. The van der Waals surface area contributed by atoms with E-state index in [4.69, 9.17) is 10.8 Å². The van der Waals surface area contributed by atoms with Crippen molar-refractivity contribution in [2.75, 3.05) is 19.6 Å². The second-order valence-corrected chi connectivity index (χ2v) is 4.11. The highest BCUT2D eigenvalue weighted by Gasteiger charge is 2.18. The Labute approximate surface area is 112 Å². The summed E-state index contributed by atoms with van der Waals surface area (Å²) in [5.41, 5.74) is 5.37. The highest BCUT2D eigenvalue weighted by Crippen LogP contribution is 1.87. The van der Waals surface area contributed by atoms with Crippen molar-refractivity contribution < 1.29 is 19.5 Å². The maximum atomic E-state index is 11.3. The molecule has 0 spiro atoms. The summed E-state index contributed by atoms with van der Waals surface area (Å²) in [5.74, 6) is -1.42. The smallest absolute Gasteiger partial charge is 0.240 e. The number of nitrogens with two attached hydrogens (primary N) is 1. The molecular weight excluding hydrogens is 252 g/mol. The van der Waals surface area contributed by atoms with Crippen LogP contribution in [-0.2, 0) is 14.4 Å². The molecule has 0 radical (unpaired) electrons. The second kappa shape index (κ2) is 9.29. The molecule has 6 N–H and O–H groups in total. The molecule has 0 aromatic rings. The second-order valence-electron chi connectivity index (χ2n) is 4.11. The summed E-state index contributed by atoms with van der Waals surface area (Å²) in [7, 11) is 0. The first kappa shape index (κ1) is 17.3. The molecule has 0 aliphatic carbocycles. The van der Waals surface area contributed by atoms with Gasteiger partial charge in [-0.1, -0.05) is 6.92 Å². The number of aliphatic hydroxyl groups is 1. The van der Waals surface area contributed by atoms with E-state index in [9.17, 15) is 14.4 Å². The Balaban J connectivity index is 3.81. The van der Waals surface area contributed by atoms with Crippen LogP contribution < -0.4 is 21.7 Å². The van der Waals surface area contributed by atoms with Crippen molar-refractivity contribution in [2.24, 2.45) is 5.73 Å². The van der Waals surface area contributed by atoms with Crippen LogP contribution in [0.2, 0.25) is 0 Å². The van der Waals surface area contributed by atoms with Crippen molar-refractivity contribution in [2.45, 2.75) is 32.4 Å². The molecule has 8 nitrogen and oxygen atoms in total. The van der Waals surface area contributed by atoms with Gasteiger partial charge in [0.25, 0.3) is 0 Å². The van der Waals surface area contributed by atoms with Crippen LogP contribution in [0.15, 0.2) is 0 Å². The standard InChI is InChI=1S/C11H22N4O4/c1-3-4-13-8(17)5-14-9(18)6-15-11(19)10(12)7(2)16/h7,10,16H,3-6,12H2,1-2H3,(H,13,17)(H,14,18)(H,15,19)/t7-,10+/m1/s1. The Morgan fingerprint density at radius 2 is 1.63 bits per heavy atom. The van der Waals surface area contributed by atoms with Crippen LogP contribution in [0.25, 0.3) is 0 Å². The fourth-order valence-corrected chi connectivity index (χ4v) is 1.07. The Morgan fingerprint density at radius 3 is 2.16 bits per heavy atom. The Morgan fingerprint density at radius 1 is 1.11 bits per heavy atom. The van der Waals surface area contributed by atoms with Gasteiger partial charge in [-0.25, -0.2) is 0 Å². The van der Waals surface area contributed by atoms with Gasteiger partial charge < -0.3 is 26.8 Å². The fraction of sp³-hybridized carbons (Fsp3) is 0.727. The van der Waals surface area contributed by atoms with Crippen molar-refractivity contribution >= 4 is 17.7 Å². The first-order valence-corrected chi connectivity index (χ1v) is 6.13. The summed E-state index contributed by atoms with van der Waals surface area (Å²) >= 11 is 0. The van der Waals surface area contributed by atoms with Crippen LogP contribution in [0, 0.1) is 0 Å². The molecule has 110 valence electrons. The zero-order valence-corrected chi connectivity index (χ0v) is 11.2. The van der Waals surface area contributed by atoms with E-state index in [1.165, 1.54) is 6.92 Å². The Hall–Kier alpha value is -1.67. The minimum atomic E-state index is -1.08. The van der Waals surface area contributed by atoms with Crippen LogP contribution in [0.1, 0.15) is 20.3 Å². The number of amides is 3. The summed E-state index contributed by atoms with van der Waals surface area (Å²) in [6.45, 7) is 3.41. The van der Waals surface area contributed by atoms with Crippen LogP contribution in [0.4, 0.5) is 0 Å². The van der Waals surface area contributed by atoms with Gasteiger partial charge in [-0.05, 0) is 13.3 Å². The van der Waals surface area contributed by atoms with E-state index in [1.54, 1.807) is 0 Å². The van der Waals surface area contributed by atoms with Crippen molar-refractivity contribution in [1.82, 2.24) is 16.0 Å². The normalized spacial score (nSPS) is 13.3. The van der Waals surface area contributed by atoms with Crippen LogP contribution in [0.5, 0.6) is 0 Å². The van der Waals surface area contributed by atoms with Gasteiger partial charge in [0.1, 0.15) is 6.04 Å². The van der Waals surface area contributed by atoms with E-state index in [2.05, 4.69) is 16.0 Å². The van der Waals surface area contributed by atoms with Crippen LogP contribution in [-0.4, -0.2) is 54.6 Å². The molecule has 0 rings (SSSR count). The number of hydrogen-bond acceptors (Lipinski definition) is 5. The quantitative estimate of drug-likeness (QED) is 0.332. The molecule has 0 aromatic heterocycles. The summed E-state index contributed by atoms with van der Waals surface area (Å²) < 4.78 is 0. The Bertz CT molecular complexity index is 320. The van der Waals surface area contributed by atoms with Gasteiger partial charge in [-0.3, -0.25) is 14.4 Å². The van der Waals surface area contributed by atoms with Gasteiger partial charge in [0.05, 0.1) is 19.2 Å². The van der Waals surface area contributed by atoms with Gasteiger partial charge in [0.2, 0.25) is 17.7 Å². The highest BCUT2D eigenvalue weighted by atomic mass is 16.3. The molecule has 0 fully saturated rings. The minimum absolute atomic E-state index is 0.142. The lowest BCUT2D eigenvalue weighted by Gasteiger charge is -2.14. The average molecular weight is 274 g/mol. The predicted octanol–water partition coefficient (Wildman–Crippen LogP) is -2.55.